The molecule has 4 N–H and O–H groups in total. The summed E-state index contributed by atoms with van der Waals surface area (Å²) >= 11 is 1.44. The second-order valence-electron chi connectivity index (χ2n) is 7.14. The van der Waals surface area contributed by atoms with E-state index in [1.807, 2.05) is 30.5 Å². The lowest BCUT2D eigenvalue weighted by Crippen LogP contribution is -2.35. The summed E-state index contributed by atoms with van der Waals surface area (Å²) in [6.07, 6.45) is 2.03. The van der Waals surface area contributed by atoms with Gasteiger partial charge in [-0.1, -0.05) is 27.7 Å². The van der Waals surface area contributed by atoms with Crippen molar-refractivity contribution in [2.75, 3.05) is 23.9 Å². The number of amides is 2. The van der Waals surface area contributed by atoms with Gasteiger partial charge in [0.05, 0.1) is 4.88 Å². The minimum atomic E-state index is -0.224. The summed E-state index contributed by atoms with van der Waals surface area (Å²) in [5, 5.41) is 6.81. The molecule has 0 atom stereocenters. The molecule has 0 bridgehead atoms. The number of hydrogen-bond donors (Lipinski definition) is 3. The molecule has 0 aliphatic rings. The van der Waals surface area contributed by atoms with Gasteiger partial charge < -0.3 is 16.4 Å². The van der Waals surface area contributed by atoms with Gasteiger partial charge >= 0.3 is 0 Å². The van der Waals surface area contributed by atoms with Gasteiger partial charge in [0.2, 0.25) is 0 Å². The van der Waals surface area contributed by atoms with E-state index in [2.05, 4.69) is 24.5 Å². The van der Waals surface area contributed by atoms with Crippen LogP contribution in [-0.4, -0.2) is 29.4 Å². The third-order valence-electron chi connectivity index (χ3n) is 4.13. The number of nitrogens with two attached hydrogens (primary N) is 1. The Morgan fingerprint density at radius 1 is 1.10 bits per heavy atom. The highest BCUT2D eigenvalue weighted by Gasteiger charge is 2.20. The van der Waals surface area contributed by atoms with Crippen molar-refractivity contribution >= 4 is 66.2 Å². The normalized spacial score (nSPS) is 11.4. The summed E-state index contributed by atoms with van der Waals surface area (Å²) in [4.78, 5) is 25.6. The highest BCUT2D eigenvalue weighted by molar-refractivity contribution is 8.76. The Labute approximate surface area is 182 Å². The quantitative estimate of drug-likeness (QED) is 0.341. The highest BCUT2D eigenvalue weighted by Crippen LogP contribution is 2.33. The second-order valence-corrected chi connectivity index (χ2v) is 11.3. The predicted octanol–water partition coefficient (Wildman–Crippen LogP) is 5.26. The average Bonchev–Trinajstić information content (AvgIpc) is 3.09. The zero-order valence-electron chi connectivity index (χ0n) is 16.4. The lowest BCUT2D eigenvalue weighted by atomic mass is 10.1. The zero-order chi connectivity index (χ0) is 21.0. The van der Waals surface area contributed by atoms with Crippen molar-refractivity contribution in [1.82, 2.24) is 5.32 Å². The summed E-state index contributed by atoms with van der Waals surface area (Å²) < 4.78 is 0.958. The van der Waals surface area contributed by atoms with Gasteiger partial charge in [0.1, 0.15) is 0 Å². The van der Waals surface area contributed by atoms with E-state index in [1.54, 1.807) is 45.9 Å². The van der Waals surface area contributed by atoms with Gasteiger partial charge in [-0.05, 0) is 68.0 Å². The first-order valence-corrected chi connectivity index (χ1v) is 12.4. The lowest BCUT2D eigenvalue weighted by molar-refractivity contribution is 0.0954. The van der Waals surface area contributed by atoms with Crippen molar-refractivity contribution in [2.45, 2.75) is 18.6 Å². The van der Waals surface area contributed by atoms with Crippen LogP contribution in [0.5, 0.6) is 0 Å². The van der Waals surface area contributed by atoms with Gasteiger partial charge in [-0.15, -0.1) is 11.3 Å². The molecule has 3 rings (SSSR count). The topological polar surface area (TPSA) is 84.2 Å². The Balaban J connectivity index is 1.71. The van der Waals surface area contributed by atoms with Crippen molar-refractivity contribution < 1.29 is 9.59 Å². The number of hydrogen-bond acceptors (Lipinski definition) is 6. The summed E-state index contributed by atoms with van der Waals surface area (Å²) in [5.74, 6) is -0.301. The van der Waals surface area contributed by atoms with Crippen LogP contribution in [0.1, 0.15) is 33.9 Å². The van der Waals surface area contributed by atoms with Gasteiger partial charge in [-0.3, -0.25) is 9.59 Å². The summed E-state index contributed by atoms with van der Waals surface area (Å²) in [7, 11) is 3.43. The Bertz CT molecular complexity index is 1050. The molecule has 2 amide bonds. The first-order valence-electron chi connectivity index (χ1n) is 8.98. The number of fused-ring (bicyclic) bond motifs is 1. The summed E-state index contributed by atoms with van der Waals surface area (Å²) in [5.41, 5.74) is 7.46. The molecule has 0 saturated carbocycles. The molecule has 5 nitrogen and oxygen atoms in total. The molecule has 0 aliphatic carbocycles. The van der Waals surface area contributed by atoms with Gasteiger partial charge in [0.25, 0.3) is 11.8 Å². The van der Waals surface area contributed by atoms with Crippen molar-refractivity contribution in [2.24, 2.45) is 0 Å². The maximum Gasteiger partial charge on any atom is 0.261 e. The van der Waals surface area contributed by atoms with Crippen molar-refractivity contribution in [3.05, 3.63) is 59.0 Å². The molecule has 0 fully saturated rings. The van der Waals surface area contributed by atoms with E-state index < -0.39 is 0 Å². The van der Waals surface area contributed by atoms with Crippen LogP contribution in [0.25, 0.3) is 10.1 Å². The number of rotatable bonds is 7. The maximum atomic E-state index is 12.5. The fourth-order valence-electron chi connectivity index (χ4n) is 2.75. The van der Waals surface area contributed by atoms with E-state index in [1.165, 1.54) is 11.3 Å². The van der Waals surface area contributed by atoms with E-state index >= 15 is 0 Å². The minimum Gasteiger partial charge on any atom is -0.399 e. The smallest absolute Gasteiger partial charge is 0.261 e. The predicted molar refractivity (Wildman–Crippen MR) is 128 cm³/mol. The monoisotopic (exact) mass is 445 g/mol. The Morgan fingerprint density at radius 2 is 1.90 bits per heavy atom. The Morgan fingerprint density at radius 3 is 2.62 bits per heavy atom. The number of carbonyl (C=O) groups excluding carboxylic acids is 2. The Kier molecular flexibility index (Phi) is 6.77. The third kappa shape index (κ3) is 5.68. The molecular weight excluding hydrogens is 422 g/mol. The Hall–Kier alpha value is -2.16. The van der Waals surface area contributed by atoms with Crippen LogP contribution in [0.4, 0.5) is 11.4 Å². The van der Waals surface area contributed by atoms with E-state index in [-0.39, 0.29) is 16.6 Å². The molecule has 0 unspecified atom stereocenters. The van der Waals surface area contributed by atoms with Crippen molar-refractivity contribution in [3.63, 3.8) is 0 Å². The molecule has 3 aromatic rings. The molecule has 1 aromatic heterocycles. The SMILES string of the molecule is CSSC(C)(C)CNC(=O)c1cc2cc(NC(=O)c3cccc(N)c3)ccc2s1. The number of nitrogen functional groups attached to an aromatic ring is 1. The van der Waals surface area contributed by atoms with Crippen LogP contribution in [-0.2, 0) is 0 Å². The number of nitrogens with one attached hydrogen (secondary N) is 2. The van der Waals surface area contributed by atoms with Gasteiger partial charge in [-0.2, -0.15) is 0 Å². The average molecular weight is 446 g/mol. The lowest BCUT2D eigenvalue weighted by Gasteiger charge is -2.22. The van der Waals surface area contributed by atoms with E-state index in [4.69, 9.17) is 5.73 Å². The fourth-order valence-corrected chi connectivity index (χ4v) is 5.82. The highest BCUT2D eigenvalue weighted by atomic mass is 33.1. The summed E-state index contributed by atoms with van der Waals surface area (Å²) in [6.45, 7) is 4.80. The molecule has 0 aliphatic heterocycles. The molecule has 1 heterocycles. The van der Waals surface area contributed by atoms with E-state index in [0.717, 1.165) is 10.1 Å². The number of benzene rings is 2. The van der Waals surface area contributed by atoms with Gasteiger partial charge in [-0.25, -0.2) is 0 Å². The fraction of sp³-hybridized carbons (Fsp3) is 0.238. The van der Waals surface area contributed by atoms with Crippen molar-refractivity contribution in [3.8, 4) is 0 Å². The molecule has 0 spiro atoms. The largest absolute Gasteiger partial charge is 0.399 e. The third-order valence-corrected chi connectivity index (χ3v) is 7.86. The second kappa shape index (κ2) is 9.11. The molecule has 0 saturated heterocycles. The number of anilines is 2. The molecular formula is C21H23N3O2S3. The molecule has 29 heavy (non-hydrogen) atoms. The van der Waals surface area contributed by atoms with E-state index in [9.17, 15) is 9.59 Å². The van der Waals surface area contributed by atoms with Crippen LogP contribution in [0, 0.1) is 0 Å². The molecule has 8 heteroatoms. The van der Waals surface area contributed by atoms with Crippen LogP contribution in [0.3, 0.4) is 0 Å². The van der Waals surface area contributed by atoms with Crippen LogP contribution >= 0.6 is 32.9 Å². The van der Waals surface area contributed by atoms with Gasteiger partial charge in [0, 0.05) is 32.9 Å². The first kappa shape index (κ1) is 21.5. The first-order chi connectivity index (χ1) is 13.8. The number of thiophene rings is 1. The van der Waals surface area contributed by atoms with Crippen LogP contribution in [0.2, 0.25) is 0 Å². The van der Waals surface area contributed by atoms with Crippen molar-refractivity contribution in [1.29, 1.82) is 0 Å². The van der Waals surface area contributed by atoms with Crippen LogP contribution in [0.15, 0.2) is 48.5 Å². The van der Waals surface area contributed by atoms with E-state index in [0.29, 0.717) is 28.4 Å². The van der Waals surface area contributed by atoms with Crippen LogP contribution < -0.4 is 16.4 Å². The molecule has 2 aromatic carbocycles. The maximum absolute atomic E-state index is 12.5. The molecule has 152 valence electrons. The van der Waals surface area contributed by atoms with Gasteiger partial charge in [0.15, 0.2) is 0 Å². The standard InChI is InChI=1S/C21H23N3O2S3/c1-21(2,29-27-3)12-23-20(26)18-11-14-10-16(7-8-17(14)28-18)24-19(25)13-5-4-6-15(22)9-13/h4-11H,12,22H2,1-3H3,(H,23,26)(H,24,25). The zero-order valence-corrected chi connectivity index (χ0v) is 18.9. The minimum absolute atomic E-state index is 0.0377. The number of carbonyl (C=O) groups is 2. The molecule has 0 radical (unpaired) electrons. The summed E-state index contributed by atoms with van der Waals surface area (Å²) in [6, 6.07) is 14.3.